The van der Waals surface area contributed by atoms with E-state index in [-0.39, 0.29) is 42.7 Å². The molecule has 2 aliphatic carbocycles. The van der Waals surface area contributed by atoms with Gasteiger partial charge in [-0.25, -0.2) is 4.79 Å². The minimum atomic E-state index is -0.884. The number of rotatable bonds is 9. The molecule has 0 heterocycles. The Kier molecular flexibility index (Phi) is 7.54. The second-order valence-corrected chi connectivity index (χ2v) is 9.65. The molecule has 3 N–H and O–H groups in total. The first-order valence-electron chi connectivity index (χ1n) is 12.1. The number of hydrogen-bond donors (Lipinski definition) is 3. The molecular weight excluding hydrogens is 444 g/mol. The molecule has 0 fully saturated rings. The van der Waals surface area contributed by atoms with Gasteiger partial charge in [0.2, 0.25) is 5.91 Å². The van der Waals surface area contributed by atoms with Gasteiger partial charge in [0.15, 0.2) is 0 Å². The van der Waals surface area contributed by atoms with Gasteiger partial charge in [0.25, 0.3) is 0 Å². The third kappa shape index (κ3) is 5.73. The number of benzene rings is 2. The zero-order chi connectivity index (χ0) is 24.9. The number of carbonyl (C=O) groups is 3. The van der Waals surface area contributed by atoms with Crippen LogP contribution in [0.3, 0.4) is 0 Å². The van der Waals surface area contributed by atoms with Crippen LogP contribution in [0.1, 0.15) is 43.7 Å². The summed E-state index contributed by atoms with van der Waals surface area (Å²) in [5.74, 6) is -1.51. The van der Waals surface area contributed by atoms with Crippen molar-refractivity contribution < 1.29 is 24.2 Å². The zero-order valence-electron chi connectivity index (χ0n) is 20.1. The molecule has 7 nitrogen and oxygen atoms in total. The lowest BCUT2D eigenvalue weighted by Crippen LogP contribution is -2.38. The number of amides is 2. The second-order valence-electron chi connectivity index (χ2n) is 9.65. The molecular formula is C28H32N2O5. The Labute approximate surface area is 205 Å². The van der Waals surface area contributed by atoms with Gasteiger partial charge in [0, 0.05) is 24.9 Å². The molecule has 0 aromatic heterocycles. The second kappa shape index (κ2) is 10.8. The predicted octanol–water partition coefficient (Wildman–Crippen LogP) is 4.33. The lowest BCUT2D eigenvalue weighted by atomic mass is 9.92. The number of carboxylic acids is 1. The quantitative estimate of drug-likeness (QED) is 0.467. The molecule has 184 valence electrons. The molecule has 4 rings (SSSR count). The zero-order valence-corrected chi connectivity index (χ0v) is 20.1. The number of alkyl carbamates (subject to hydrolysis) is 1. The molecule has 0 radical (unpaired) electrons. The highest BCUT2D eigenvalue weighted by Gasteiger charge is 2.30. The smallest absolute Gasteiger partial charge is 0.407 e. The van der Waals surface area contributed by atoms with E-state index < -0.39 is 18.0 Å². The standard InChI is InChI=1S/C28H32N2O5/c1-17(2)19(14-26(31)30-20-12-11-18(13-20)27(32)33)15-29-28(34)35-16-25-23-9-5-3-7-21(23)22-8-4-6-10-24(22)25/h3-12,17-20,25H,13-16H2,1-2H3,(H,29,34)(H,30,31)(H,32,33). The molecule has 3 atom stereocenters. The van der Waals surface area contributed by atoms with Crippen LogP contribution >= 0.6 is 0 Å². The number of carboxylic acid groups (broad SMARTS) is 1. The molecule has 2 aromatic carbocycles. The monoisotopic (exact) mass is 476 g/mol. The van der Waals surface area contributed by atoms with Crippen LogP contribution in [0.5, 0.6) is 0 Å². The van der Waals surface area contributed by atoms with Crippen molar-refractivity contribution in [2.24, 2.45) is 17.8 Å². The van der Waals surface area contributed by atoms with Gasteiger partial charge in [-0.2, -0.15) is 0 Å². The number of hydrogen-bond acceptors (Lipinski definition) is 4. The fourth-order valence-electron chi connectivity index (χ4n) is 4.90. The Morgan fingerprint density at radius 3 is 2.20 bits per heavy atom. The van der Waals surface area contributed by atoms with E-state index in [9.17, 15) is 14.4 Å². The van der Waals surface area contributed by atoms with Crippen molar-refractivity contribution in [3.63, 3.8) is 0 Å². The van der Waals surface area contributed by atoms with Gasteiger partial charge < -0.3 is 20.5 Å². The number of aliphatic carboxylic acids is 1. The summed E-state index contributed by atoms with van der Waals surface area (Å²) in [5.41, 5.74) is 4.67. The highest BCUT2D eigenvalue weighted by Crippen LogP contribution is 2.44. The largest absolute Gasteiger partial charge is 0.481 e. The maximum Gasteiger partial charge on any atom is 0.407 e. The van der Waals surface area contributed by atoms with Gasteiger partial charge in [-0.1, -0.05) is 74.5 Å². The minimum Gasteiger partial charge on any atom is -0.481 e. The van der Waals surface area contributed by atoms with Crippen LogP contribution in [0.2, 0.25) is 0 Å². The van der Waals surface area contributed by atoms with Crippen LogP contribution in [0.15, 0.2) is 60.7 Å². The van der Waals surface area contributed by atoms with Crippen LogP contribution in [0, 0.1) is 17.8 Å². The maximum atomic E-state index is 12.5. The van der Waals surface area contributed by atoms with E-state index in [2.05, 4.69) is 34.9 Å². The van der Waals surface area contributed by atoms with Gasteiger partial charge in [-0.05, 0) is 40.5 Å². The first kappa shape index (κ1) is 24.5. The normalized spacial score (nSPS) is 19.2. The fourth-order valence-corrected chi connectivity index (χ4v) is 4.90. The molecule has 0 saturated carbocycles. The summed E-state index contributed by atoms with van der Waals surface area (Å²) in [5, 5.41) is 14.8. The van der Waals surface area contributed by atoms with E-state index in [0.717, 1.165) is 11.1 Å². The van der Waals surface area contributed by atoms with Crippen LogP contribution in [-0.2, 0) is 14.3 Å². The summed E-state index contributed by atoms with van der Waals surface area (Å²) >= 11 is 0. The van der Waals surface area contributed by atoms with Crippen molar-refractivity contribution in [2.75, 3.05) is 13.2 Å². The van der Waals surface area contributed by atoms with Crippen molar-refractivity contribution in [2.45, 2.75) is 38.6 Å². The molecule has 2 aliphatic rings. The molecule has 0 spiro atoms. The fraction of sp³-hybridized carbons (Fsp3) is 0.393. The SMILES string of the molecule is CC(C)C(CNC(=O)OCC1c2ccccc2-c2ccccc21)CC(=O)NC1C=CC(C(=O)O)C1. The van der Waals surface area contributed by atoms with Crippen LogP contribution in [0.4, 0.5) is 4.79 Å². The van der Waals surface area contributed by atoms with Crippen LogP contribution in [0.25, 0.3) is 11.1 Å². The summed E-state index contributed by atoms with van der Waals surface area (Å²) < 4.78 is 5.60. The first-order chi connectivity index (χ1) is 16.8. The topological polar surface area (TPSA) is 105 Å². The van der Waals surface area contributed by atoms with E-state index in [1.165, 1.54) is 11.1 Å². The van der Waals surface area contributed by atoms with Gasteiger partial charge in [-0.15, -0.1) is 0 Å². The van der Waals surface area contributed by atoms with E-state index in [0.29, 0.717) is 13.0 Å². The van der Waals surface area contributed by atoms with Gasteiger partial charge in [0.05, 0.1) is 5.92 Å². The number of carbonyl (C=O) groups excluding carboxylic acids is 2. The van der Waals surface area contributed by atoms with Crippen LogP contribution < -0.4 is 10.6 Å². The van der Waals surface area contributed by atoms with E-state index in [1.54, 1.807) is 12.2 Å². The highest BCUT2D eigenvalue weighted by molar-refractivity contribution is 5.79. The third-order valence-corrected chi connectivity index (χ3v) is 6.99. The van der Waals surface area contributed by atoms with E-state index in [4.69, 9.17) is 9.84 Å². The van der Waals surface area contributed by atoms with Gasteiger partial charge >= 0.3 is 12.1 Å². The van der Waals surface area contributed by atoms with Crippen molar-refractivity contribution >= 4 is 18.0 Å². The number of ether oxygens (including phenoxy) is 1. The van der Waals surface area contributed by atoms with Crippen molar-refractivity contribution in [3.05, 3.63) is 71.8 Å². The van der Waals surface area contributed by atoms with Crippen molar-refractivity contribution in [1.82, 2.24) is 10.6 Å². The Morgan fingerprint density at radius 2 is 1.63 bits per heavy atom. The van der Waals surface area contributed by atoms with Crippen molar-refractivity contribution in [1.29, 1.82) is 0 Å². The highest BCUT2D eigenvalue weighted by atomic mass is 16.5. The van der Waals surface area contributed by atoms with E-state index in [1.807, 2.05) is 38.1 Å². The Hall–Kier alpha value is -3.61. The maximum absolute atomic E-state index is 12.5. The predicted molar refractivity (Wildman–Crippen MR) is 133 cm³/mol. The molecule has 0 aliphatic heterocycles. The minimum absolute atomic E-state index is 0.00563. The molecule has 7 heteroatoms. The average molecular weight is 477 g/mol. The first-order valence-corrected chi connectivity index (χ1v) is 12.1. The third-order valence-electron chi connectivity index (χ3n) is 6.99. The molecule has 35 heavy (non-hydrogen) atoms. The number of nitrogens with one attached hydrogen (secondary N) is 2. The Balaban J connectivity index is 1.27. The molecule has 2 amide bonds. The lowest BCUT2D eigenvalue weighted by Gasteiger charge is -2.22. The summed E-state index contributed by atoms with van der Waals surface area (Å²) in [4.78, 5) is 36.1. The molecule has 3 unspecified atom stereocenters. The molecule has 0 saturated heterocycles. The van der Waals surface area contributed by atoms with Gasteiger partial charge in [-0.3, -0.25) is 9.59 Å². The van der Waals surface area contributed by atoms with E-state index >= 15 is 0 Å². The molecule has 0 bridgehead atoms. The number of fused-ring (bicyclic) bond motifs is 3. The summed E-state index contributed by atoms with van der Waals surface area (Å²) in [6.07, 6.45) is 3.46. The van der Waals surface area contributed by atoms with Gasteiger partial charge in [0.1, 0.15) is 6.61 Å². The summed E-state index contributed by atoms with van der Waals surface area (Å²) in [7, 11) is 0. The van der Waals surface area contributed by atoms with Crippen molar-refractivity contribution in [3.8, 4) is 11.1 Å². The van der Waals surface area contributed by atoms with Crippen LogP contribution in [-0.4, -0.2) is 42.3 Å². The average Bonchev–Trinajstić information content (AvgIpc) is 3.43. The summed E-state index contributed by atoms with van der Waals surface area (Å²) in [6.45, 7) is 4.58. The summed E-state index contributed by atoms with van der Waals surface area (Å²) in [6, 6.07) is 16.1. The molecule has 2 aromatic rings. The Morgan fingerprint density at radius 1 is 1.00 bits per heavy atom. The Bertz CT molecular complexity index is 1080. The lowest BCUT2D eigenvalue weighted by molar-refractivity contribution is -0.140.